The number of nitrogens with zero attached hydrogens (tertiary/aromatic N) is 2. The molecule has 2 aromatic carbocycles. The van der Waals surface area contributed by atoms with Gasteiger partial charge in [-0.05, 0) is 67.5 Å². The number of aromatic nitrogens is 1. The zero-order chi connectivity index (χ0) is 19.1. The number of para-hydroxylation sites is 1. The van der Waals surface area contributed by atoms with E-state index in [9.17, 15) is 4.79 Å². The van der Waals surface area contributed by atoms with Crippen molar-refractivity contribution in [3.63, 3.8) is 0 Å². The Hall–Kier alpha value is -2.04. The molecule has 3 aromatic rings. The van der Waals surface area contributed by atoms with E-state index in [4.69, 9.17) is 16.6 Å². The molecule has 0 spiro atoms. The second kappa shape index (κ2) is 7.41. The summed E-state index contributed by atoms with van der Waals surface area (Å²) in [6, 6.07) is 14.1. The Labute approximate surface area is 174 Å². The normalized spacial score (nSPS) is 15.5. The molecule has 1 aliphatic carbocycles. The van der Waals surface area contributed by atoms with Gasteiger partial charge in [-0.15, -0.1) is 11.8 Å². The van der Waals surface area contributed by atoms with Gasteiger partial charge >= 0.3 is 0 Å². The third-order valence-electron chi connectivity index (χ3n) is 5.70. The van der Waals surface area contributed by atoms with Crippen LogP contribution in [0, 0.1) is 0 Å². The van der Waals surface area contributed by atoms with E-state index < -0.39 is 0 Å². The number of thioether (sulfide) groups is 1. The number of aryl methyl sites for hydroxylation is 1. The smallest absolute Gasteiger partial charge is 0.237 e. The lowest BCUT2D eigenvalue weighted by Gasteiger charge is -2.22. The Morgan fingerprint density at radius 2 is 1.96 bits per heavy atom. The molecule has 0 atom stereocenters. The summed E-state index contributed by atoms with van der Waals surface area (Å²) in [4.78, 5) is 21.0. The summed E-state index contributed by atoms with van der Waals surface area (Å²) in [7, 11) is 0. The highest BCUT2D eigenvalue weighted by molar-refractivity contribution is 8.00. The molecule has 0 saturated heterocycles. The first-order valence-electron chi connectivity index (χ1n) is 9.83. The Bertz CT molecular complexity index is 1080. The van der Waals surface area contributed by atoms with E-state index in [0.29, 0.717) is 10.8 Å². The number of rotatable bonds is 3. The van der Waals surface area contributed by atoms with Crippen molar-refractivity contribution < 1.29 is 4.79 Å². The van der Waals surface area contributed by atoms with Crippen LogP contribution in [0.5, 0.6) is 0 Å². The molecular formula is C23H21ClN2OS. The van der Waals surface area contributed by atoms with Gasteiger partial charge in [-0.3, -0.25) is 9.78 Å². The van der Waals surface area contributed by atoms with Gasteiger partial charge in [0.2, 0.25) is 5.91 Å². The number of amides is 1. The first-order valence-corrected chi connectivity index (χ1v) is 11.2. The van der Waals surface area contributed by atoms with Crippen molar-refractivity contribution in [2.45, 2.75) is 37.0 Å². The van der Waals surface area contributed by atoms with E-state index >= 15 is 0 Å². The predicted molar refractivity (Wildman–Crippen MR) is 117 cm³/mol. The zero-order valence-corrected chi connectivity index (χ0v) is 17.2. The van der Waals surface area contributed by atoms with Gasteiger partial charge in [0.25, 0.3) is 0 Å². The van der Waals surface area contributed by atoms with Crippen LogP contribution in [0.25, 0.3) is 10.9 Å². The number of benzene rings is 2. The fourth-order valence-corrected chi connectivity index (χ4v) is 5.64. The van der Waals surface area contributed by atoms with Gasteiger partial charge in [-0.2, -0.15) is 0 Å². The van der Waals surface area contributed by atoms with Crippen LogP contribution >= 0.6 is 23.4 Å². The molecular weight excluding hydrogens is 388 g/mol. The SMILES string of the molecule is O=C(CSc1c2c(nc3ccc(Cl)cc13)CCCC2)N1CCc2ccccc21. The first kappa shape index (κ1) is 18.0. The first-order chi connectivity index (χ1) is 13.7. The Balaban J connectivity index is 1.47. The van der Waals surface area contributed by atoms with Crippen molar-refractivity contribution in [2.75, 3.05) is 17.2 Å². The van der Waals surface area contributed by atoms with Gasteiger partial charge < -0.3 is 4.90 Å². The second-order valence-electron chi connectivity index (χ2n) is 7.45. The molecule has 0 unspecified atom stereocenters. The third kappa shape index (κ3) is 3.19. The maximum atomic E-state index is 13.0. The number of anilines is 1. The summed E-state index contributed by atoms with van der Waals surface area (Å²) in [5.41, 5.74) is 5.83. The lowest BCUT2D eigenvalue weighted by molar-refractivity contribution is -0.116. The lowest BCUT2D eigenvalue weighted by atomic mass is 9.94. The van der Waals surface area contributed by atoms with Crippen LogP contribution in [0.1, 0.15) is 29.7 Å². The summed E-state index contributed by atoms with van der Waals surface area (Å²) in [5, 5.41) is 1.79. The molecule has 0 fully saturated rings. The molecule has 0 radical (unpaired) electrons. The van der Waals surface area contributed by atoms with Crippen LogP contribution < -0.4 is 4.90 Å². The molecule has 3 nitrogen and oxygen atoms in total. The minimum absolute atomic E-state index is 0.173. The molecule has 0 bridgehead atoms. The van der Waals surface area contributed by atoms with Gasteiger partial charge in [0, 0.05) is 33.2 Å². The van der Waals surface area contributed by atoms with Crippen LogP contribution in [0.4, 0.5) is 5.69 Å². The average Bonchev–Trinajstić information content (AvgIpc) is 3.15. The van der Waals surface area contributed by atoms with Crippen molar-refractivity contribution in [2.24, 2.45) is 0 Å². The largest absolute Gasteiger partial charge is 0.311 e. The van der Waals surface area contributed by atoms with Crippen molar-refractivity contribution in [3.05, 3.63) is 64.3 Å². The van der Waals surface area contributed by atoms with Crippen LogP contribution in [-0.2, 0) is 24.1 Å². The number of pyridine rings is 1. The minimum Gasteiger partial charge on any atom is -0.311 e. The summed E-state index contributed by atoms with van der Waals surface area (Å²) < 4.78 is 0. The van der Waals surface area contributed by atoms with Crippen LogP contribution in [0.15, 0.2) is 47.4 Å². The van der Waals surface area contributed by atoms with Crippen LogP contribution in [-0.4, -0.2) is 23.2 Å². The molecule has 2 heterocycles. The van der Waals surface area contributed by atoms with Crippen LogP contribution in [0.2, 0.25) is 5.02 Å². The molecule has 0 saturated carbocycles. The molecule has 1 aliphatic heterocycles. The highest BCUT2D eigenvalue weighted by Gasteiger charge is 2.25. The molecule has 1 amide bonds. The molecule has 5 heteroatoms. The molecule has 0 N–H and O–H groups in total. The summed E-state index contributed by atoms with van der Waals surface area (Å²) in [5.74, 6) is 0.610. The third-order valence-corrected chi connectivity index (χ3v) is 7.08. The van der Waals surface area contributed by atoms with Crippen molar-refractivity contribution >= 4 is 45.9 Å². The summed E-state index contributed by atoms with van der Waals surface area (Å²) in [6.07, 6.45) is 5.37. The van der Waals surface area contributed by atoms with E-state index in [1.807, 2.05) is 41.3 Å². The molecule has 5 rings (SSSR count). The van der Waals surface area contributed by atoms with E-state index in [1.54, 1.807) is 11.8 Å². The minimum atomic E-state index is 0.173. The fourth-order valence-electron chi connectivity index (χ4n) is 4.33. The monoisotopic (exact) mass is 408 g/mol. The lowest BCUT2D eigenvalue weighted by Crippen LogP contribution is -2.30. The van der Waals surface area contributed by atoms with Crippen LogP contribution in [0.3, 0.4) is 0 Å². The number of hydrogen-bond acceptors (Lipinski definition) is 3. The molecule has 142 valence electrons. The number of carbonyl (C=O) groups excluding carboxylic acids is 1. The Morgan fingerprint density at radius 1 is 1.11 bits per heavy atom. The molecule has 1 aromatic heterocycles. The number of carbonyl (C=O) groups is 1. The van der Waals surface area contributed by atoms with E-state index in [1.165, 1.54) is 34.6 Å². The average molecular weight is 409 g/mol. The van der Waals surface area contributed by atoms with E-state index in [-0.39, 0.29) is 5.91 Å². The highest BCUT2D eigenvalue weighted by Crippen LogP contribution is 2.37. The number of halogens is 1. The maximum Gasteiger partial charge on any atom is 0.237 e. The topological polar surface area (TPSA) is 33.2 Å². The predicted octanol–water partition coefficient (Wildman–Crippen LogP) is 5.45. The van der Waals surface area contributed by atoms with Crippen molar-refractivity contribution in [1.82, 2.24) is 4.98 Å². The quantitative estimate of drug-likeness (QED) is 0.540. The Morgan fingerprint density at radius 3 is 2.89 bits per heavy atom. The Kier molecular flexibility index (Phi) is 4.77. The highest BCUT2D eigenvalue weighted by atomic mass is 35.5. The van der Waals surface area contributed by atoms with Gasteiger partial charge in [-0.1, -0.05) is 29.8 Å². The van der Waals surface area contributed by atoms with Gasteiger partial charge in [0.15, 0.2) is 0 Å². The fraction of sp³-hybridized carbons (Fsp3) is 0.304. The van der Waals surface area contributed by atoms with Gasteiger partial charge in [-0.25, -0.2) is 0 Å². The van der Waals surface area contributed by atoms with Gasteiger partial charge in [0.1, 0.15) is 0 Å². The molecule has 28 heavy (non-hydrogen) atoms. The van der Waals surface area contributed by atoms with Gasteiger partial charge in [0.05, 0.1) is 11.3 Å². The number of fused-ring (bicyclic) bond motifs is 3. The number of hydrogen-bond donors (Lipinski definition) is 0. The summed E-state index contributed by atoms with van der Waals surface area (Å²) >= 11 is 7.94. The van der Waals surface area contributed by atoms with E-state index in [0.717, 1.165) is 42.4 Å². The standard InChI is InChI=1S/C23H21ClN2OS/c24-16-9-10-20-18(13-16)23(17-6-2-3-7-19(17)25-20)28-14-22(27)26-12-11-15-5-1-4-8-21(15)26/h1,4-5,8-10,13H,2-3,6-7,11-12,14H2. The second-order valence-corrected chi connectivity index (χ2v) is 8.87. The van der Waals surface area contributed by atoms with Crippen molar-refractivity contribution in [3.8, 4) is 0 Å². The van der Waals surface area contributed by atoms with Crippen molar-refractivity contribution in [1.29, 1.82) is 0 Å². The maximum absolute atomic E-state index is 13.0. The molecule has 2 aliphatic rings. The zero-order valence-electron chi connectivity index (χ0n) is 15.6. The van der Waals surface area contributed by atoms with E-state index in [2.05, 4.69) is 6.07 Å². The summed E-state index contributed by atoms with van der Waals surface area (Å²) in [6.45, 7) is 0.778.